The molecule has 0 radical (unpaired) electrons. The fraction of sp³-hybridized carbons (Fsp3) is 1.00. The van der Waals surface area contributed by atoms with Gasteiger partial charge in [0.25, 0.3) is 0 Å². The van der Waals surface area contributed by atoms with Crippen LogP contribution in [-0.2, 0) is 0 Å². The second kappa shape index (κ2) is 2.87. The topological polar surface area (TPSA) is 29.4 Å². The van der Waals surface area contributed by atoms with Crippen molar-refractivity contribution in [1.82, 2.24) is 0 Å². The molecule has 60 valence electrons. The Kier molecular flexibility index (Phi) is 2.84. The van der Waals surface area contributed by atoms with Gasteiger partial charge in [-0.15, -0.1) is 11.6 Å². The first kappa shape index (κ1) is 9.89. The molecular formula is C7H14ClNO. The van der Waals surface area contributed by atoms with Crippen LogP contribution in [0.1, 0.15) is 34.1 Å². The molecule has 0 aromatic rings. The Labute approximate surface area is 66.9 Å². The van der Waals surface area contributed by atoms with Crippen LogP contribution in [0.15, 0.2) is 5.18 Å². The van der Waals surface area contributed by atoms with Gasteiger partial charge in [-0.05, 0) is 27.2 Å². The highest BCUT2D eigenvalue weighted by Gasteiger charge is 2.39. The fourth-order valence-corrected chi connectivity index (χ4v) is 0.562. The maximum atomic E-state index is 10.3. The normalized spacial score (nSPS) is 18.1. The summed E-state index contributed by atoms with van der Waals surface area (Å²) in [6.45, 7) is 7.27. The largest absolute Gasteiger partial charge is 0.150 e. The molecule has 2 nitrogen and oxygen atoms in total. The first-order chi connectivity index (χ1) is 4.37. The van der Waals surface area contributed by atoms with Gasteiger partial charge in [0.1, 0.15) is 5.54 Å². The molecule has 0 heterocycles. The van der Waals surface area contributed by atoms with Crippen molar-refractivity contribution in [3.05, 3.63) is 4.91 Å². The van der Waals surface area contributed by atoms with Gasteiger partial charge < -0.3 is 0 Å². The summed E-state index contributed by atoms with van der Waals surface area (Å²) in [4.78, 5) is 9.78. The molecule has 0 aromatic heterocycles. The van der Waals surface area contributed by atoms with E-state index in [1.54, 1.807) is 13.8 Å². The van der Waals surface area contributed by atoms with E-state index in [1.807, 2.05) is 13.8 Å². The van der Waals surface area contributed by atoms with Gasteiger partial charge >= 0.3 is 0 Å². The smallest absolute Gasteiger partial charge is 0.116 e. The standard InChI is InChI=1S/C7H14ClNO/c1-5-7(4,8)6(2,3)9-10/h5H2,1-4H3. The highest BCUT2D eigenvalue weighted by atomic mass is 35.5. The van der Waals surface area contributed by atoms with Gasteiger partial charge in [-0.25, -0.2) is 0 Å². The maximum Gasteiger partial charge on any atom is 0.116 e. The van der Waals surface area contributed by atoms with Crippen LogP contribution >= 0.6 is 11.6 Å². The Hall–Kier alpha value is -0.110. The van der Waals surface area contributed by atoms with Crippen molar-refractivity contribution in [2.75, 3.05) is 0 Å². The predicted octanol–water partition coefficient (Wildman–Crippen LogP) is 2.94. The molecule has 0 rings (SSSR count). The monoisotopic (exact) mass is 163 g/mol. The fourth-order valence-electron chi connectivity index (χ4n) is 0.528. The van der Waals surface area contributed by atoms with Gasteiger partial charge in [0.05, 0.1) is 4.87 Å². The number of nitrogens with zero attached hydrogens (tertiary/aromatic N) is 1. The SMILES string of the molecule is CCC(C)(Cl)C(C)(C)N=O. The van der Waals surface area contributed by atoms with Crippen molar-refractivity contribution in [1.29, 1.82) is 0 Å². The first-order valence-corrected chi connectivity index (χ1v) is 3.78. The van der Waals surface area contributed by atoms with Gasteiger partial charge in [-0.1, -0.05) is 12.1 Å². The molecule has 0 bridgehead atoms. The Bertz CT molecular complexity index is 132. The van der Waals surface area contributed by atoms with Crippen LogP contribution in [0, 0.1) is 4.91 Å². The molecule has 0 amide bonds. The van der Waals surface area contributed by atoms with Gasteiger partial charge in [0.15, 0.2) is 0 Å². The molecule has 0 saturated heterocycles. The van der Waals surface area contributed by atoms with Gasteiger partial charge in [0.2, 0.25) is 0 Å². The number of hydrogen-bond acceptors (Lipinski definition) is 2. The second-order valence-electron chi connectivity index (χ2n) is 3.20. The van der Waals surface area contributed by atoms with E-state index >= 15 is 0 Å². The molecule has 0 aliphatic rings. The molecule has 0 spiro atoms. The molecule has 10 heavy (non-hydrogen) atoms. The highest BCUT2D eigenvalue weighted by Crippen LogP contribution is 2.34. The first-order valence-electron chi connectivity index (χ1n) is 3.41. The van der Waals surface area contributed by atoms with Crippen molar-refractivity contribution in [2.45, 2.75) is 44.5 Å². The Morgan fingerprint density at radius 2 is 1.80 bits per heavy atom. The zero-order chi connectivity index (χ0) is 8.41. The van der Waals surface area contributed by atoms with Crippen LogP contribution in [0.3, 0.4) is 0 Å². The van der Waals surface area contributed by atoms with E-state index in [0.717, 1.165) is 6.42 Å². The average Bonchev–Trinajstić information content (AvgIpc) is 1.88. The molecule has 1 unspecified atom stereocenters. The van der Waals surface area contributed by atoms with E-state index in [1.165, 1.54) is 0 Å². The number of rotatable bonds is 3. The lowest BCUT2D eigenvalue weighted by molar-refractivity contribution is 0.369. The Morgan fingerprint density at radius 1 is 1.40 bits per heavy atom. The molecular weight excluding hydrogens is 150 g/mol. The molecule has 3 heteroatoms. The van der Waals surface area contributed by atoms with Crippen LogP contribution in [0.5, 0.6) is 0 Å². The minimum Gasteiger partial charge on any atom is -0.150 e. The lowest BCUT2D eigenvalue weighted by atomic mass is 9.87. The summed E-state index contributed by atoms with van der Waals surface area (Å²) >= 11 is 6.02. The van der Waals surface area contributed by atoms with Crippen LogP contribution in [0.2, 0.25) is 0 Å². The minimum atomic E-state index is -0.677. The summed E-state index contributed by atoms with van der Waals surface area (Å²) in [6, 6.07) is 0. The van der Waals surface area contributed by atoms with Gasteiger partial charge in [-0.3, -0.25) is 0 Å². The molecule has 1 atom stereocenters. The Balaban J connectivity index is 4.43. The van der Waals surface area contributed by atoms with Crippen LogP contribution in [0.4, 0.5) is 0 Å². The second-order valence-corrected chi connectivity index (χ2v) is 4.04. The predicted molar refractivity (Wildman–Crippen MR) is 44.4 cm³/mol. The average molecular weight is 164 g/mol. The molecule has 0 N–H and O–H groups in total. The minimum absolute atomic E-state index is 0.519. The van der Waals surface area contributed by atoms with Crippen LogP contribution < -0.4 is 0 Å². The lowest BCUT2D eigenvalue weighted by Crippen LogP contribution is -2.40. The van der Waals surface area contributed by atoms with E-state index in [4.69, 9.17) is 11.6 Å². The zero-order valence-electron chi connectivity index (χ0n) is 6.94. The summed E-state index contributed by atoms with van der Waals surface area (Å²) < 4.78 is 0. The third-order valence-electron chi connectivity index (χ3n) is 2.17. The van der Waals surface area contributed by atoms with Crippen molar-refractivity contribution < 1.29 is 0 Å². The number of hydrogen-bond donors (Lipinski definition) is 0. The van der Waals surface area contributed by atoms with Crippen LogP contribution in [-0.4, -0.2) is 10.4 Å². The van der Waals surface area contributed by atoms with Gasteiger partial charge in [-0.2, -0.15) is 4.91 Å². The maximum absolute atomic E-state index is 10.3. The Morgan fingerprint density at radius 3 is 1.90 bits per heavy atom. The summed E-state index contributed by atoms with van der Waals surface area (Å²) in [5, 5.41) is 2.98. The van der Waals surface area contributed by atoms with E-state index in [-0.39, 0.29) is 0 Å². The van der Waals surface area contributed by atoms with E-state index in [0.29, 0.717) is 0 Å². The summed E-state index contributed by atoms with van der Waals surface area (Å²) in [5.74, 6) is 0. The van der Waals surface area contributed by atoms with Crippen molar-refractivity contribution in [2.24, 2.45) is 5.18 Å². The van der Waals surface area contributed by atoms with Crippen LogP contribution in [0.25, 0.3) is 0 Å². The summed E-state index contributed by atoms with van der Waals surface area (Å²) in [5.41, 5.74) is -0.677. The number of halogens is 1. The van der Waals surface area contributed by atoms with Crippen molar-refractivity contribution in [3.63, 3.8) is 0 Å². The quantitative estimate of drug-likeness (QED) is 0.465. The van der Waals surface area contributed by atoms with E-state index in [2.05, 4.69) is 5.18 Å². The lowest BCUT2D eigenvalue weighted by Gasteiger charge is -2.31. The molecule has 0 fully saturated rings. The third-order valence-corrected chi connectivity index (χ3v) is 2.90. The van der Waals surface area contributed by atoms with Crippen molar-refractivity contribution in [3.8, 4) is 0 Å². The third kappa shape index (κ3) is 1.69. The summed E-state index contributed by atoms with van der Waals surface area (Å²) in [6.07, 6.45) is 0.743. The van der Waals surface area contributed by atoms with E-state index < -0.39 is 10.4 Å². The molecule has 0 aliphatic carbocycles. The highest BCUT2D eigenvalue weighted by molar-refractivity contribution is 6.24. The van der Waals surface area contributed by atoms with E-state index in [9.17, 15) is 4.91 Å². The zero-order valence-corrected chi connectivity index (χ0v) is 7.70. The van der Waals surface area contributed by atoms with Crippen molar-refractivity contribution >= 4 is 11.6 Å². The molecule has 0 aliphatic heterocycles. The van der Waals surface area contributed by atoms with Gasteiger partial charge in [0, 0.05) is 0 Å². The summed E-state index contributed by atoms with van der Waals surface area (Å²) in [7, 11) is 0. The molecule has 0 saturated carbocycles. The molecule has 0 aromatic carbocycles. The number of alkyl halides is 1. The number of nitroso groups, excluding NO2 is 1.